The SMILES string of the molecule is Cc1cc2ssc3cc(N)cc4ssc(c1)c2-c34. The van der Waals surface area contributed by atoms with E-state index in [-0.39, 0.29) is 0 Å². The van der Waals surface area contributed by atoms with E-state index in [1.807, 2.05) is 41.4 Å². The Bertz CT molecular complexity index is 722. The number of hydrogen-bond donors (Lipinski definition) is 1. The van der Waals surface area contributed by atoms with Crippen LogP contribution >= 0.6 is 41.4 Å². The number of nitrogen functional groups attached to an aromatic ring is 1. The maximum absolute atomic E-state index is 5.98. The minimum Gasteiger partial charge on any atom is -0.399 e. The van der Waals surface area contributed by atoms with Crippen molar-refractivity contribution < 1.29 is 0 Å². The van der Waals surface area contributed by atoms with Crippen LogP contribution in [0.25, 0.3) is 29.9 Å². The predicted molar refractivity (Wildman–Crippen MR) is 87.5 cm³/mol. The molecule has 2 aliphatic heterocycles. The summed E-state index contributed by atoms with van der Waals surface area (Å²) < 4.78 is 5.39. The first kappa shape index (κ1) is 11.0. The summed E-state index contributed by atoms with van der Waals surface area (Å²) in [7, 11) is 7.35. The van der Waals surface area contributed by atoms with E-state index in [0.29, 0.717) is 0 Å². The third-order valence-electron chi connectivity index (χ3n) is 2.99. The van der Waals surface area contributed by atoms with Crippen LogP contribution in [0.1, 0.15) is 5.56 Å². The molecule has 0 radical (unpaired) electrons. The van der Waals surface area contributed by atoms with Crippen molar-refractivity contribution in [3.63, 3.8) is 0 Å². The lowest BCUT2D eigenvalue weighted by atomic mass is 10.0. The Kier molecular flexibility index (Phi) is 2.32. The first-order valence-corrected chi connectivity index (χ1v) is 9.80. The Morgan fingerprint density at radius 1 is 0.722 bits per heavy atom. The van der Waals surface area contributed by atoms with Gasteiger partial charge in [0.05, 0.1) is 0 Å². The van der Waals surface area contributed by atoms with Gasteiger partial charge in [-0.15, -0.1) is 0 Å². The first-order chi connectivity index (χ1) is 8.72. The lowest BCUT2D eigenvalue weighted by Crippen LogP contribution is -1.89. The minimum atomic E-state index is 0.865. The number of anilines is 1. The molecule has 90 valence electrons. The monoisotopic (exact) mass is 307 g/mol. The van der Waals surface area contributed by atoms with Crippen molar-refractivity contribution in [2.45, 2.75) is 6.92 Å². The van der Waals surface area contributed by atoms with Gasteiger partial charge in [0.25, 0.3) is 0 Å². The lowest BCUT2D eigenvalue weighted by Gasteiger charge is -2.14. The van der Waals surface area contributed by atoms with Gasteiger partial charge in [0, 0.05) is 35.6 Å². The van der Waals surface area contributed by atoms with E-state index in [0.717, 1.165) is 5.69 Å². The fourth-order valence-corrected chi connectivity index (χ4v) is 7.43. The summed E-state index contributed by atoms with van der Waals surface area (Å²) >= 11 is 0. The Hall–Kier alpha value is -0.880. The molecule has 0 aromatic heterocycles. The smallest absolute Gasteiger partial charge is 0.0491 e. The summed E-state index contributed by atoms with van der Waals surface area (Å²) in [4.78, 5) is 0. The van der Waals surface area contributed by atoms with Crippen LogP contribution in [0.2, 0.25) is 0 Å². The molecule has 0 amide bonds. The third kappa shape index (κ3) is 1.48. The molecule has 0 atom stereocenters. The van der Waals surface area contributed by atoms with Crippen LogP contribution in [0.3, 0.4) is 0 Å². The first-order valence-electron chi connectivity index (χ1n) is 5.50. The molecule has 2 aromatic carbocycles. The van der Waals surface area contributed by atoms with Crippen LogP contribution < -0.4 is 5.73 Å². The normalized spacial score (nSPS) is 11.8. The van der Waals surface area contributed by atoms with E-state index in [1.165, 1.54) is 35.5 Å². The molecule has 0 saturated heterocycles. The fourth-order valence-electron chi connectivity index (χ4n) is 2.27. The standard InChI is InChI=1S/C13H9NS4/c1-6-2-8-12-9(3-6)16-18-11-5-7(14)4-10(13(11)12)17-15-8/h2-5H,14H2,1H3. The summed E-state index contributed by atoms with van der Waals surface area (Å²) in [5, 5.41) is 0. The van der Waals surface area contributed by atoms with Crippen LogP contribution in [-0.2, 0) is 0 Å². The molecular formula is C13H9NS4. The Morgan fingerprint density at radius 2 is 1.11 bits per heavy atom. The third-order valence-corrected chi connectivity index (χ3v) is 7.82. The molecule has 2 N–H and O–H groups in total. The highest BCUT2D eigenvalue weighted by Gasteiger charge is 2.17. The van der Waals surface area contributed by atoms with Gasteiger partial charge < -0.3 is 5.73 Å². The quantitative estimate of drug-likeness (QED) is 0.248. The average molecular weight is 307 g/mol. The number of rotatable bonds is 0. The van der Waals surface area contributed by atoms with Gasteiger partial charge in [0.1, 0.15) is 0 Å². The molecule has 2 heterocycles. The van der Waals surface area contributed by atoms with Crippen molar-refractivity contribution in [2.24, 2.45) is 0 Å². The van der Waals surface area contributed by atoms with Crippen molar-refractivity contribution in [1.29, 1.82) is 0 Å². The topological polar surface area (TPSA) is 26.0 Å². The van der Waals surface area contributed by atoms with Crippen molar-refractivity contribution in [2.75, 3.05) is 5.73 Å². The molecule has 5 heteroatoms. The molecular weight excluding hydrogens is 298 g/mol. The molecule has 1 nitrogen and oxygen atoms in total. The maximum Gasteiger partial charge on any atom is 0.0491 e. The summed E-state index contributed by atoms with van der Waals surface area (Å²) in [5.74, 6) is 0. The highest BCUT2D eigenvalue weighted by Crippen LogP contribution is 2.48. The molecule has 2 aliphatic rings. The minimum absolute atomic E-state index is 0.865. The van der Waals surface area contributed by atoms with E-state index >= 15 is 0 Å². The number of aryl methyl sites for hydroxylation is 1. The molecule has 0 saturated carbocycles. The van der Waals surface area contributed by atoms with Gasteiger partial charge in [-0.3, -0.25) is 0 Å². The Labute approximate surface area is 119 Å². The van der Waals surface area contributed by atoms with Gasteiger partial charge in [-0.05, 0) is 36.8 Å². The predicted octanol–water partition coefficient (Wildman–Crippen LogP) is 5.80. The Balaban J connectivity index is 2.34. The van der Waals surface area contributed by atoms with E-state index in [2.05, 4.69) is 31.2 Å². The van der Waals surface area contributed by atoms with Crippen LogP contribution in [0, 0.1) is 6.92 Å². The summed E-state index contributed by atoms with van der Waals surface area (Å²) in [6.07, 6.45) is 0. The van der Waals surface area contributed by atoms with Crippen molar-refractivity contribution >= 4 is 65.8 Å². The molecule has 4 rings (SSSR count). The largest absolute Gasteiger partial charge is 0.399 e. The van der Waals surface area contributed by atoms with Gasteiger partial charge >= 0.3 is 0 Å². The second kappa shape index (κ2) is 3.81. The molecule has 0 fully saturated rings. The highest BCUT2D eigenvalue weighted by molar-refractivity contribution is 7.75. The van der Waals surface area contributed by atoms with Crippen LogP contribution in [-0.4, -0.2) is 0 Å². The zero-order valence-electron chi connectivity index (χ0n) is 9.52. The average Bonchev–Trinajstić information content (AvgIpc) is 2.34. The van der Waals surface area contributed by atoms with Crippen molar-refractivity contribution in [3.05, 3.63) is 29.8 Å². The maximum atomic E-state index is 5.98. The second-order valence-electron chi connectivity index (χ2n) is 4.36. The van der Waals surface area contributed by atoms with Gasteiger partial charge in [-0.25, -0.2) is 0 Å². The van der Waals surface area contributed by atoms with Crippen LogP contribution in [0.5, 0.6) is 0 Å². The molecule has 0 bridgehead atoms. The van der Waals surface area contributed by atoms with Crippen molar-refractivity contribution in [3.8, 4) is 11.1 Å². The van der Waals surface area contributed by atoms with Gasteiger partial charge in [-0.1, -0.05) is 41.4 Å². The van der Waals surface area contributed by atoms with E-state index in [1.54, 1.807) is 0 Å². The Morgan fingerprint density at radius 3 is 1.56 bits per heavy atom. The van der Waals surface area contributed by atoms with Crippen LogP contribution in [0.4, 0.5) is 5.69 Å². The van der Waals surface area contributed by atoms with Gasteiger partial charge in [0.2, 0.25) is 0 Å². The van der Waals surface area contributed by atoms with E-state index in [4.69, 9.17) is 5.73 Å². The number of benzene rings is 2. The second-order valence-corrected chi connectivity index (χ2v) is 8.79. The molecule has 0 spiro atoms. The zero-order valence-corrected chi connectivity index (χ0v) is 12.8. The van der Waals surface area contributed by atoms with E-state index < -0.39 is 0 Å². The molecule has 18 heavy (non-hydrogen) atoms. The number of nitrogens with two attached hydrogens (primary N) is 1. The fraction of sp³-hybridized carbons (Fsp3) is 0.0769. The highest BCUT2D eigenvalue weighted by atomic mass is 32.9. The summed E-state index contributed by atoms with van der Waals surface area (Å²) in [5.41, 5.74) is 11.0. The summed E-state index contributed by atoms with van der Waals surface area (Å²) in [6.45, 7) is 2.17. The summed E-state index contributed by atoms with van der Waals surface area (Å²) in [6, 6.07) is 8.77. The van der Waals surface area contributed by atoms with Crippen LogP contribution in [0.15, 0.2) is 24.3 Å². The van der Waals surface area contributed by atoms with E-state index in [9.17, 15) is 0 Å². The molecule has 0 unspecified atom stereocenters. The molecule has 2 aromatic rings. The zero-order chi connectivity index (χ0) is 12.3. The number of hydrogen-bond acceptors (Lipinski definition) is 5. The van der Waals surface area contributed by atoms with Gasteiger partial charge in [-0.2, -0.15) is 0 Å². The van der Waals surface area contributed by atoms with Gasteiger partial charge in [0.15, 0.2) is 0 Å². The van der Waals surface area contributed by atoms with Crippen molar-refractivity contribution in [1.82, 2.24) is 0 Å². The molecule has 0 aliphatic carbocycles. The lowest BCUT2D eigenvalue weighted by molar-refractivity contribution is 1.53.